The third-order valence-electron chi connectivity index (χ3n) is 3.37. The Balaban J connectivity index is 2.25. The molecule has 1 aliphatic heterocycles. The Morgan fingerprint density at radius 1 is 1.35 bits per heavy atom. The van der Waals surface area contributed by atoms with E-state index in [2.05, 4.69) is 41.4 Å². The highest BCUT2D eigenvalue weighted by atomic mass is 15.2. The highest BCUT2D eigenvalue weighted by molar-refractivity contribution is 5.33. The SMILES string of the molecule is CCc1ccccc1C(C#N)N1CCNCC1. The second-order valence-electron chi connectivity index (χ2n) is 4.37. The maximum atomic E-state index is 9.44. The fraction of sp³-hybridized carbons (Fsp3) is 0.500. The molecular formula is C14H19N3. The molecular weight excluding hydrogens is 210 g/mol. The molecule has 1 aromatic rings. The van der Waals surface area contributed by atoms with Crippen LogP contribution >= 0.6 is 0 Å². The number of piperazine rings is 1. The molecule has 1 unspecified atom stereocenters. The molecule has 1 saturated heterocycles. The van der Waals surface area contributed by atoms with Crippen molar-refractivity contribution in [3.63, 3.8) is 0 Å². The number of nitriles is 1. The van der Waals surface area contributed by atoms with Crippen LogP contribution in [0.3, 0.4) is 0 Å². The van der Waals surface area contributed by atoms with Gasteiger partial charge in [0, 0.05) is 26.2 Å². The average Bonchev–Trinajstić information content (AvgIpc) is 2.41. The standard InChI is InChI=1S/C14H19N3/c1-2-12-5-3-4-6-13(12)14(11-15)17-9-7-16-8-10-17/h3-6,14,16H,2,7-10H2,1H3. The van der Waals surface area contributed by atoms with Gasteiger partial charge in [-0.1, -0.05) is 31.2 Å². The molecule has 3 heteroatoms. The highest BCUT2D eigenvalue weighted by Crippen LogP contribution is 2.24. The van der Waals surface area contributed by atoms with Gasteiger partial charge in [0.1, 0.15) is 6.04 Å². The average molecular weight is 229 g/mol. The molecule has 1 heterocycles. The summed E-state index contributed by atoms with van der Waals surface area (Å²) in [6.07, 6.45) is 0.987. The van der Waals surface area contributed by atoms with Gasteiger partial charge in [0.2, 0.25) is 0 Å². The van der Waals surface area contributed by atoms with Gasteiger partial charge in [-0.2, -0.15) is 5.26 Å². The first-order chi connectivity index (χ1) is 8.36. The minimum Gasteiger partial charge on any atom is -0.314 e. The fourth-order valence-electron chi connectivity index (χ4n) is 2.41. The molecule has 1 N–H and O–H groups in total. The second kappa shape index (κ2) is 5.81. The molecule has 1 atom stereocenters. The Hall–Kier alpha value is -1.37. The van der Waals surface area contributed by atoms with E-state index in [1.165, 1.54) is 11.1 Å². The number of aryl methyl sites for hydroxylation is 1. The molecule has 17 heavy (non-hydrogen) atoms. The molecule has 0 aromatic heterocycles. The largest absolute Gasteiger partial charge is 0.314 e. The van der Waals surface area contributed by atoms with Crippen LogP contribution in [0.4, 0.5) is 0 Å². The minimum absolute atomic E-state index is 0.0896. The van der Waals surface area contributed by atoms with Gasteiger partial charge in [0.05, 0.1) is 6.07 Å². The maximum Gasteiger partial charge on any atom is 0.124 e. The van der Waals surface area contributed by atoms with Crippen LogP contribution in [0.2, 0.25) is 0 Å². The summed E-state index contributed by atoms with van der Waals surface area (Å²) < 4.78 is 0. The lowest BCUT2D eigenvalue weighted by Gasteiger charge is -2.32. The number of hydrogen-bond acceptors (Lipinski definition) is 3. The minimum atomic E-state index is -0.0896. The highest BCUT2D eigenvalue weighted by Gasteiger charge is 2.23. The van der Waals surface area contributed by atoms with E-state index in [0.717, 1.165) is 32.6 Å². The molecule has 1 aromatic carbocycles. The Kier molecular flexibility index (Phi) is 4.13. The molecule has 0 aliphatic carbocycles. The third-order valence-corrected chi connectivity index (χ3v) is 3.37. The van der Waals surface area contributed by atoms with Gasteiger partial charge < -0.3 is 5.32 Å². The van der Waals surface area contributed by atoms with Crippen LogP contribution < -0.4 is 5.32 Å². The molecule has 0 saturated carbocycles. The summed E-state index contributed by atoms with van der Waals surface area (Å²) in [7, 11) is 0. The van der Waals surface area contributed by atoms with Gasteiger partial charge in [-0.05, 0) is 17.5 Å². The lowest BCUT2D eigenvalue weighted by atomic mass is 9.98. The van der Waals surface area contributed by atoms with Gasteiger partial charge in [0.25, 0.3) is 0 Å². The van der Waals surface area contributed by atoms with Gasteiger partial charge >= 0.3 is 0 Å². The molecule has 0 amide bonds. The maximum absolute atomic E-state index is 9.44. The lowest BCUT2D eigenvalue weighted by Crippen LogP contribution is -2.45. The van der Waals surface area contributed by atoms with E-state index in [1.807, 2.05) is 6.07 Å². The Bertz CT molecular complexity index is 402. The third kappa shape index (κ3) is 2.66. The van der Waals surface area contributed by atoms with Crippen LogP contribution in [0, 0.1) is 11.3 Å². The summed E-state index contributed by atoms with van der Waals surface area (Å²) in [4.78, 5) is 2.27. The first-order valence-corrected chi connectivity index (χ1v) is 6.29. The summed E-state index contributed by atoms with van der Waals surface area (Å²) in [6, 6.07) is 10.7. The van der Waals surface area contributed by atoms with Crippen molar-refractivity contribution in [3.8, 4) is 6.07 Å². The van der Waals surface area contributed by atoms with Crippen molar-refractivity contribution in [2.75, 3.05) is 26.2 Å². The fourth-order valence-corrected chi connectivity index (χ4v) is 2.41. The first-order valence-electron chi connectivity index (χ1n) is 6.29. The molecule has 3 nitrogen and oxygen atoms in total. The van der Waals surface area contributed by atoms with Crippen molar-refractivity contribution in [2.45, 2.75) is 19.4 Å². The summed E-state index contributed by atoms with van der Waals surface area (Å²) in [6.45, 7) is 6.01. The molecule has 90 valence electrons. The van der Waals surface area contributed by atoms with Crippen LogP contribution in [0.5, 0.6) is 0 Å². The summed E-state index contributed by atoms with van der Waals surface area (Å²) in [5.41, 5.74) is 2.47. The van der Waals surface area contributed by atoms with E-state index in [9.17, 15) is 5.26 Å². The molecule has 0 spiro atoms. The quantitative estimate of drug-likeness (QED) is 0.857. The predicted molar refractivity (Wildman–Crippen MR) is 68.6 cm³/mol. The molecule has 0 radical (unpaired) electrons. The molecule has 1 aliphatic rings. The van der Waals surface area contributed by atoms with Gasteiger partial charge in [-0.25, -0.2) is 0 Å². The van der Waals surface area contributed by atoms with E-state index >= 15 is 0 Å². The Labute approximate surface area is 103 Å². The second-order valence-corrected chi connectivity index (χ2v) is 4.37. The Morgan fingerprint density at radius 2 is 2.06 bits per heavy atom. The van der Waals surface area contributed by atoms with Crippen LogP contribution in [-0.4, -0.2) is 31.1 Å². The normalized spacial score (nSPS) is 18.6. The number of nitrogens with one attached hydrogen (secondary N) is 1. The predicted octanol–water partition coefficient (Wildman–Crippen LogP) is 1.72. The van der Waals surface area contributed by atoms with Crippen LogP contribution in [0.1, 0.15) is 24.1 Å². The molecule has 2 rings (SSSR count). The van der Waals surface area contributed by atoms with E-state index in [-0.39, 0.29) is 6.04 Å². The molecule has 0 bridgehead atoms. The number of nitrogens with zero attached hydrogens (tertiary/aromatic N) is 2. The Morgan fingerprint density at radius 3 is 2.71 bits per heavy atom. The number of rotatable bonds is 3. The summed E-state index contributed by atoms with van der Waals surface area (Å²) in [5.74, 6) is 0. The van der Waals surface area contributed by atoms with Crippen LogP contribution in [0.25, 0.3) is 0 Å². The van der Waals surface area contributed by atoms with Crippen molar-refractivity contribution < 1.29 is 0 Å². The van der Waals surface area contributed by atoms with Gasteiger partial charge in [-0.3, -0.25) is 4.90 Å². The van der Waals surface area contributed by atoms with Crippen molar-refractivity contribution in [2.24, 2.45) is 0 Å². The first kappa shape index (κ1) is 12.1. The monoisotopic (exact) mass is 229 g/mol. The van der Waals surface area contributed by atoms with Crippen molar-refractivity contribution in [3.05, 3.63) is 35.4 Å². The zero-order chi connectivity index (χ0) is 12.1. The van der Waals surface area contributed by atoms with Gasteiger partial charge in [-0.15, -0.1) is 0 Å². The zero-order valence-electron chi connectivity index (χ0n) is 10.3. The summed E-state index contributed by atoms with van der Waals surface area (Å²) >= 11 is 0. The zero-order valence-corrected chi connectivity index (χ0v) is 10.3. The van der Waals surface area contributed by atoms with Gasteiger partial charge in [0.15, 0.2) is 0 Å². The number of hydrogen-bond donors (Lipinski definition) is 1. The van der Waals surface area contributed by atoms with E-state index in [0.29, 0.717) is 0 Å². The lowest BCUT2D eigenvalue weighted by molar-refractivity contribution is 0.207. The smallest absolute Gasteiger partial charge is 0.124 e. The van der Waals surface area contributed by atoms with Crippen molar-refractivity contribution >= 4 is 0 Å². The van der Waals surface area contributed by atoms with Crippen molar-refractivity contribution in [1.82, 2.24) is 10.2 Å². The topological polar surface area (TPSA) is 39.1 Å². The summed E-state index contributed by atoms with van der Waals surface area (Å²) in [5, 5.41) is 12.8. The van der Waals surface area contributed by atoms with E-state index in [4.69, 9.17) is 0 Å². The molecule has 1 fully saturated rings. The van der Waals surface area contributed by atoms with E-state index < -0.39 is 0 Å². The van der Waals surface area contributed by atoms with Crippen molar-refractivity contribution in [1.29, 1.82) is 5.26 Å². The van der Waals surface area contributed by atoms with E-state index in [1.54, 1.807) is 0 Å². The number of benzene rings is 1. The van der Waals surface area contributed by atoms with Crippen LogP contribution in [-0.2, 0) is 6.42 Å². The van der Waals surface area contributed by atoms with Crippen LogP contribution in [0.15, 0.2) is 24.3 Å².